The topological polar surface area (TPSA) is 112 Å². The lowest BCUT2D eigenvalue weighted by atomic mass is 9.86. The summed E-state index contributed by atoms with van der Waals surface area (Å²) in [5.41, 5.74) is -1.87. The van der Waals surface area contributed by atoms with Crippen molar-refractivity contribution in [2.75, 3.05) is 13.2 Å². The third-order valence-corrected chi connectivity index (χ3v) is 7.21. The van der Waals surface area contributed by atoms with Crippen LogP contribution in [0.2, 0.25) is 10.0 Å². The second-order valence-electron chi connectivity index (χ2n) is 9.56. The van der Waals surface area contributed by atoms with E-state index in [4.69, 9.17) is 33.3 Å². The Kier molecular flexibility index (Phi) is 11.9. The quantitative estimate of drug-likeness (QED) is 0.101. The zero-order chi connectivity index (χ0) is 31.0. The van der Waals surface area contributed by atoms with Gasteiger partial charge < -0.3 is 20.4 Å². The molecule has 0 atom stereocenters. The highest BCUT2D eigenvalue weighted by atomic mass is 35.5. The second kappa shape index (κ2) is 15.1. The molecule has 0 bridgehead atoms. The van der Waals surface area contributed by atoms with Gasteiger partial charge in [-0.2, -0.15) is 0 Å². The van der Waals surface area contributed by atoms with Crippen molar-refractivity contribution in [3.63, 3.8) is 0 Å². The summed E-state index contributed by atoms with van der Waals surface area (Å²) in [7, 11) is 0. The van der Waals surface area contributed by atoms with E-state index >= 15 is 0 Å². The van der Waals surface area contributed by atoms with Gasteiger partial charge in [-0.25, -0.2) is 17.6 Å². The van der Waals surface area contributed by atoms with E-state index in [1.807, 2.05) is 0 Å². The average Bonchev–Trinajstić information content (AvgIpc) is 2.92. The van der Waals surface area contributed by atoms with Crippen molar-refractivity contribution in [3.05, 3.63) is 74.7 Å². The van der Waals surface area contributed by atoms with E-state index in [1.54, 1.807) is 6.92 Å². The summed E-state index contributed by atoms with van der Waals surface area (Å²) in [4.78, 5) is 43.4. The molecular formula is C28H28Cl2F4N4O4. The molecule has 226 valence electrons. The van der Waals surface area contributed by atoms with Gasteiger partial charge in [0.1, 0.15) is 11.6 Å². The molecule has 0 aliphatic heterocycles. The smallest absolute Gasteiger partial charge is 0.308 e. The van der Waals surface area contributed by atoms with E-state index in [-0.39, 0.29) is 39.7 Å². The van der Waals surface area contributed by atoms with Gasteiger partial charge in [0, 0.05) is 37.3 Å². The summed E-state index contributed by atoms with van der Waals surface area (Å²) < 4.78 is 61.5. The molecule has 2 aromatic rings. The van der Waals surface area contributed by atoms with Crippen LogP contribution in [0, 0.1) is 23.0 Å². The molecule has 2 N–H and O–H groups in total. The van der Waals surface area contributed by atoms with Crippen LogP contribution < -0.4 is 5.32 Å². The van der Waals surface area contributed by atoms with Crippen LogP contribution in [-0.2, 0) is 20.9 Å². The third kappa shape index (κ3) is 8.51. The van der Waals surface area contributed by atoms with Crippen LogP contribution in [0.4, 0.5) is 17.6 Å². The molecule has 0 unspecified atom stereocenters. The number of nitrogens with one attached hydrogen (secondary N) is 2. The maximum absolute atomic E-state index is 14.3. The summed E-state index contributed by atoms with van der Waals surface area (Å²) in [6.45, 7) is 0.556. The molecule has 0 spiro atoms. The Balaban J connectivity index is 1.93. The molecule has 8 nitrogen and oxygen atoms in total. The predicted octanol–water partition coefficient (Wildman–Crippen LogP) is 5.76. The fourth-order valence-electron chi connectivity index (χ4n) is 4.69. The summed E-state index contributed by atoms with van der Waals surface area (Å²) >= 11 is 12.1. The first-order chi connectivity index (χ1) is 19.9. The van der Waals surface area contributed by atoms with Gasteiger partial charge in [0.15, 0.2) is 5.78 Å². The first-order valence-corrected chi connectivity index (χ1v) is 13.7. The predicted molar refractivity (Wildman–Crippen MR) is 148 cm³/mol. The Labute approximate surface area is 249 Å². The number of hydrogen-bond donors (Lipinski definition) is 2. The minimum atomic E-state index is -3.22. The zero-order valence-corrected chi connectivity index (χ0v) is 24.0. The van der Waals surface area contributed by atoms with E-state index in [0.717, 1.165) is 29.4 Å². The normalized spacial score (nSPS) is 17.3. The van der Waals surface area contributed by atoms with Crippen molar-refractivity contribution in [2.45, 2.75) is 51.6 Å². The number of pyridine rings is 1. The molecule has 1 aliphatic rings. The molecule has 1 fully saturated rings. The molecule has 1 aromatic heterocycles. The number of halogens is 6. The van der Waals surface area contributed by atoms with Crippen LogP contribution in [0.15, 0.2) is 41.9 Å². The molecule has 1 heterocycles. The maximum atomic E-state index is 14.3. The van der Waals surface area contributed by atoms with Gasteiger partial charge in [-0.1, -0.05) is 23.2 Å². The van der Waals surface area contributed by atoms with Crippen molar-refractivity contribution >= 4 is 47.1 Å². The first-order valence-electron chi connectivity index (χ1n) is 13.0. The fraction of sp³-hybridized carbons (Fsp3) is 0.393. The number of hydrogen-bond acceptors (Lipinski definition) is 7. The van der Waals surface area contributed by atoms with Gasteiger partial charge in [0.2, 0.25) is 0 Å². The number of allylic oxidation sites excluding steroid dienone is 1. The molecule has 42 heavy (non-hydrogen) atoms. The molecular weight excluding hydrogens is 603 g/mol. The number of alkyl halides is 2. The molecule has 3 rings (SSSR count). The Morgan fingerprint density at radius 2 is 1.69 bits per heavy atom. The highest BCUT2D eigenvalue weighted by Gasteiger charge is 2.32. The number of aromatic nitrogens is 1. The summed E-state index contributed by atoms with van der Waals surface area (Å²) in [6.07, 6.45) is 0.894. The average molecular weight is 631 g/mol. The lowest BCUT2D eigenvalue weighted by Gasteiger charge is -2.30. The number of ketones is 1. The minimum Gasteiger partial charge on any atom is -0.466 e. The lowest BCUT2D eigenvalue weighted by molar-refractivity contribution is -0.149. The van der Waals surface area contributed by atoms with Crippen molar-refractivity contribution in [3.8, 4) is 0 Å². The van der Waals surface area contributed by atoms with Crippen molar-refractivity contribution in [1.82, 2.24) is 15.2 Å². The molecule has 1 amide bonds. The van der Waals surface area contributed by atoms with Crippen molar-refractivity contribution in [2.24, 2.45) is 5.92 Å². The number of carbonyl (C=O) groups excluding carboxylic acids is 3. The van der Waals surface area contributed by atoms with Gasteiger partial charge in [0.05, 0.1) is 45.9 Å². The van der Waals surface area contributed by atoms with Crippen LogP contribution in [0.1, 0.15) is 48.5 Å². The van der Waals surface area contributed by atoms with Gasteiger partial charge in [-0.15, -0.1) is 0 Å². The SMILES string of the molecule is CCOC(=O)[C@H]1CC[C@H](N/C(=C(\C=N)C(=O)N(CC(=O)c2c(Cl)cncc2Cl)Cc2cc(F)cc(F)c2)C(F)F)CC1. The van der Waals surface area contributed by atoms with Gasteiger partial charge >= 0.3 is 5.97 Å². The number of esters is 1. The Morgan fingerprint density at radius 3 is 2.21 bits per heavy atom. The fourth-order valence-corrected chi connectivity index (χ4v) is 5.26. The number of rotatable bonds is 12. The van der Waals surface area contributed by atoms with Crippen LogP contribution in [-0.4, -0.2) is 59.4 Å². The number of carbonyl (C=O) groups is 3. The third-order valence-electron chi connectivity index (χ3n) is 6.64. The van der Waals surface area contributed by atoms with E-state index in [1.165, 1.54) is 0 Å². The summed E-state index contributed by atoms with van der Waals surface area (Å²) in [5.74, 6) is -4.62. The van der Waals surface area contributed by atoms with Crippen LogP contribution in [0.3, 0.4) is 0 Å². The highest BCUT2D eigenvalue weighted by Crippen LogP contribution is 2.28. The van der Waals surface area contributed by atoms with E-state index < -0.39 is 60.2 Å². The second-order valence-corrected chi connectivity index (χ2v) is 10.4. The summed E-state index contributed by atoms with van der Waals surface area (Å²) in [6, 6.07) is 1.91. The lowest BCUT2D eigenvalue weighted by Crippen LogP contribution is -2.41. The number of nitrogens with zero attached hydrogens (tertiary/aromatic N) is 2. The summed E-state index contributed by atoms with van der Waals surface area (Å²) in [5, 5.41) is 10.2. The van der Waals surface area contributed by atoms with Crippen LogP contribution >= 0.6 is 23.2 Å². The van der Waals surface area contributed by atoms with Gasteiger partial charge in [-0.3, -0.25) is 19.4 Å². The monoisotopic (exact) mass is 630 g/mol. The molecule has 0 radical (unpaired) electrons. The molecule has 1 saturated carbocycles. The molecule has 14 heteroatoms. The minimum absolute atomic E-state index is 0.0752. The molecule has 1 aliphatic carbocycles. The Bertz CT molecular complexity index is 1330. The van der Waals surface area contributed by atoms with Crippen molar-refractivity contribution < 1.29 is 36.7 Å². The molecule has 0 saturated heterocycles. The van der Waals surface area contributed by atoms with Gasteiger partial charge in [-0.05, 0) is 50.3 Å². The highest BCUT2D eigenvalue weighted by molar-refractivity contribution is 6.39. The standard InChI is InChI=1S/C28H28Cl2F4N4O4/c1-2-42-28(41)16-3-5-19(6-4-16)37-25(26(33)34)20(10-35)27(40)38(13-15-7-17(31)9-18(32)8-15)14-23(39)24-21(29)11-36-12-22(24)30/h7-12,16,19,26,35,37H,2-6,13-14H2,1H3/b25-20+,35-10?/t16-,19-. The maximum Gasteiger partial charge on any atom is 0.308 e. The van der Waals surface area contributed by atoms with Crippen LogP contribution in [0.5, 0.6) is 0 Å². The zero-order valence-electron chi connectivity index (χ0n) is 22.4. The van der Waals surface area contributed by atoms with Gasteiger partial charge in [0.25, 0.3) is 12.3 Å². The number of Topliss-reactive ketones (excluding diaryl/α,β-unsaturated/α-hetero) is 1. The first kappa shape index (κ1) is 33.0. The van der Waals surface area contributed by atoms with E-state index in [0.29, 0.717) is 38.0 Å². The molecule has 1 aromatic carbocycles. The van der Waals surface area contributed by atoms with Crippen LogP contribution in [0.25, 0.3) is 0 Å². The largest absolute Gasteiger partial charge is 0.466 e. The number of amides is 1. The number of benzene rings is 1. The Hall–Kier alpha value is -3.51. The van der Waals surface area contributed by atoms with E-state index in [9.17, 15) is 31.9 Å². The van der Waals surface area contributed by atoms with E-state index in [2.05, 4.69) is 10.3 Å². The van der Waals surface area contributed by atoms with Crippen molar-refractivity contribution in [1.29, 1.82) is 5.41 Å². The number of ether oxygens (including phenoxy) is 1. The Morgan fingerprint density at radius 1 is 1.10 bits per heavy atom.